The SMILES string of the molecule is CCCN(C(=S)Nc1cccc(Br)c1)[C@@H]1CCS(=O)(=O)C1. The predicted octanol–water partition coefficient (Wildman–Crippen LogP) is 3.05. The molecule has 0 radical (unpaired) electrons. The number of anilines is 1. The van der Waals surface area contributed by atoms with Crippen molar-refractivity contribution in [3.05, 3.63) is 28.7 Å². The first-order valence-corrected chi connectivity index (χ1v) is 9.97. The second-order valence-corrected chi connectivity index (χ2v) is 8.72. The van der Waals surface area contributed by atoms with Gasteiger partial charge in [-0.1, -0.05) is 28.9 Å². The number of halogens is 1. The van der Waals surface area contributed by atoms with Crippen LogP contribution in [0.25, 0.3) is 0 Å². The molecule has 21 heavy (non-hydrogen) atoms. The summed E-state index contributed by atoms with van der Waals surface area (Å²) in [5, 5.41) is 3.80. The van der Waals surface area contributed by atoms with Gasteiger partial charge in [0.25, 0.3) is 0 Å². The van der Waals surface area contributed by atoms with Crippen LogP contribution in [0.2, 0.25) is 0 Å². The van der Waals surface area contributed by atoms with Crippen LogP contribution in [0.4, 0.5) is 5.69 Å². The molecule has 1 atom stereocenters. The highest BCUT2D eigenvalue weighted by molar-refractivity contribution is 9.10. The Balaban J connectivity index is 2.09. The highest BCUT2D eigenvalue weighted by Gasteiger charge is 2.33. The average Bonchev–Trinajstić information content (AvgIpc) is 2.76. The van der Waals surface area contributed by atoms with E-state index in [0.29, 0.717) is 11.5 Å². The molecular formula is C14H19BrN2O2S2. The van der Waals surface area contributed by atoms with Crippen LogP contribution in [-0.2, 0) is 9.84 Å². The maximum absolute atomic E-state index is 11.7. The molecule has 1 aromatic carbocycles. The van der Waals surface area contributed by atoms with Crippen molar-refractivity contribution >= 4 is 48.8 Å². The molecule has 4 nitrogen and oxygen atoms in total. The topological polar surface area (TPSA) is 49.4 Å². The van der Waals surface area contributed by atoms with Crippen LogP contribution >= 0.6 is 28.1 Å². The Morgan fingerprint density at radius 1 is 1.52 bits per heavy atom. The van der Waals surface area contributed by atoms with Crippen molar-refractivity contribution in [2.24, 2.45) is 0 Å². The van der Waals surface area contributed by atoms with Crippen molar-refractivity contribution < 1.29 is 8.42 Å². The van der Waals surface area contributed by atoms with Crippen LogP contribution < -0.4 is 5.32 Å². The molecule has 1 fully saturated rings. The Labute approximate surface area is 140 Å². The number of nitrogens with one attached hydrogen (secondary N) is 1. The fourth-order valence-electron chi connectivity index (χ4n) is 2.47. The number of thiocarbonyl (C=S) groups is 1. The van der Waals surface area contributed by atoms with Gasteiger partial charge in [-0.3, -0.25) is 0 Å². The van der Waals surface area contributed by atoms with Crippen molar-refractivity contribution in [2.45, 2.75) is 25.8 Å². The van der Waals surface area contributed by atoms with E-state index in [4.69, 9.17) is 12.2 Å². The van der Waals surface area contributed by atoms with Crippen molar-refractivity contribution in [3.8, 4) is 0 Å². The maximum atomic E-state index is 11.7. The average molecular weight is 391 g/mol. The molecule has 1 saturated heterocycles. The second kappa shape index (κ2) is 7.07. The summed E-state index contributed by atoms with van der Waals surface area (Å²) in [6.45, 7) is 2.83. The molecule has 1 heterocycles. The van der Waals surface area contributed by atoms with Gasteiger partial charge in [0.05, 0.1) is 11.5 Å². The molecule has 0 saturated carbocycles. The Morgan fingerprint density at radius 2 is 2.29 bits per heavy atom. The molecule has 0 spiro atoms. The minimum Gasteiger partial charge on any atom is -0.345 e. The zero-order valence-electron chi connectivity index (χ0n) is 11.9. The van der Waals surface area contributed by atoms with E-state index in [9.17, 15) is 8.42 Å². The van der Waals surface area contributed by atoms with E-state index in [0.717, 1.165) is 23.1 Å². The third-order valence-corrected chi connectivity index (χ3v) is 6.03. The van der Waals surface area contributed by atoms with E-state index in [1.165, 1.54) is 0 Å². The quantitative estimate of drug-likeness (QED) is 0.800. The highest BCUT2D eigenvalue weighted by Crippen LogP contribution is 2.21. The van der Waals surface area contributed by atoms with E-state index < -0.39 is 9.84 Å². The van der Waals surface area contributed by atoms with Gasteiger partial charge >= 0.3 is 0 Å². The third kappa shape index (κ3) is 4.66. The van der Waals surface area contributed by atoms with Gasteiger partial charge in [0.15, 0.2) is 14.9 Å². The van der Waals surface area contributed by atoms with Gasteiger partial charge in [-0.15, -0.1) is 0 Å². The Kier molecular flexibility index (Phi) is 5.62. The minimum absolute atomic E-state index is 0.0119. The van der Waals surface area contributed by atoms with Crippen LogP contribution in [0.5, 0.6) is 0 Å². The molecule has 116 valence electrons. The summed E-state index contributed by atoms with van der Waals surface area (Å²) in [5.41, 5.74) is 0.899. The summed E-state index contributed by atoms with van der Waals surface area (Å²) in [6.07, 6.45) is 1.58. The predicted molar refractivity (Wildman–Crippen MR) is 94.4 cm³/mol. The standard InChI is InChI=1S/C14H19BrN2O2S2/c1-2-7-17(13-6-8-21(18,19)10-13)14(20)16-12-5-3-4-11(15)9-12/h3-5,9,13H,2,6-8,10H2,1H3,(H,16,20)/t13-/m1/s1. The van der Waals surface area contributed by atoms with Crippen molar-refractivity contribution in [2.75, 3.05) is 23.4 Å². The zero-order valence-corrected chi connectivity index (χ0v) is 15.1. The molecule has 0 bridgehead atoms. The van der Waals surface area contributed by atoms with E-state index >= 15 is 0 Å². The Morgan fingerprint density at radius 3 is 2.86 bits per heavy atom. The molecule has 1 aliphatic heterocycles. The van der Waals surface area contributed by atoms with Crippen LogP contribution in [0.3, 0.4) is 0 Å². The molecule has 2 rings (SSSR count). The van der Waals surface area contributed by atoms with E-state index in [-0.39, 0.29) is 17.5 Å². The maximum Gasteiger partial charge on any atom is 0.173 e. The highest BCUT2D eigenvalue weighted by atomic mass is 79.9. The van der Waals surface area contributed by atoms with Crippen molar-refractivity contribution in [1.29, 1.82) is 0 Å². The lowest BCUT2D eigenvalue weighted by Crippen LogP contribution is -2.43. The van der Waals surface area contributed by atoms with Gasteiger partial charge in [-0.2, -0.15) is 0 Å². The number of sulfone groups is 1. The largest absolute Gasteiger partial charge is 0.345 e. The molecule has 0 aliphatic carbocycles. The summed E-state index contributed by atoms with van der Waals surface area (Å²) in [6, 6.07) is 7.75. The number of hydrogen-bond acceptors (Lipinski definition) is 3. The summed E-state index contributed by atoms with van der Waals surface area (Å²) >= 11 is 8.91. The van der Waals surface area contributed by atoms with Crippen LogP contribution in [0.15, 0.2) is 28.7 Å². The third-order valence-electron chi connectivity index (χ3n) is 3.45. The van der Waals surface area contributed by atoms with Crippen LogP contribution in [0.1, 0.15) is 19.8 Å². The molecule has 7 heteroatoms. The van der Waals surface area contributed by atoms with Gasteiger partial charge in [0.2, 0.25) is 0 Å². The summed E-state index contributed by atoms with van der Waals surface area (Å²) < 4.78 is 24.3. The lowest BCUT2D eigenvalue weighted by molar-refractivity contribution is 0.339. The lowest BCUT2D eigenvalue weighted by atomic mass is 10.2. The lowest BCUT2D eigenvalue weighted by Gasteiger charge is -2.30. The fraction of sp³-hybridized carbons (Fsp3) is 0.500. The molecule has 0 amide bonds. The summed E-state index contributed by atoms with van der Waals surface area (Å²) in [7, 11) is -2.91. The fourth-order valence-corrected chi connectivity index (χ4v) is 4.96. The monoisotopic (exact) mass is 390 g/mol. The van der Waals surface area contributed by atoms with Gasteiger partial charge in [0, 0.05) is 22.7 Å². The van der Waals surface area contributed by atoms with E-state index in [1.54, 1.807) is 0 Å². The molecule has 1 aliphatic rings. The molecule has 0 aromatic heterocycles. The molecule has 1 aromatic rings. The first-order chi connectivity index (χ1) is 9.91. The van der Waals surface area contributed by atoms with Crippen LogP contribution in [-0.4, -0.2) is 42.5 Å². The zero-order chi connectivity index (χ0) is 15.5. The first kappa shape index (κ1) is 16.7. The van der Waals surface area contributed by atoms with E-state index in [2.05, 4.69) is 28.2 Å². The number of rotatable bonds is 4. The Hall–Kier alpha value is -0.660. The second-order valence-electron chi connectivity index (χ2n) is 5.19. The number of nitrogens with zero attached hydrogens (tertiary/aromatic N) is 1. The summed E-state index contributed by atoms with van der Waals surface area (Å²) in [4.78, 5) is 2.01. The molecular weight excluding hydrogens is 372 g/mol. The van der Waals surface area contributed by atoms with Crippen molar-refractivity contribution in [3.63, 3.8) is 0 Å². The number of hydrogen-bond donors (Lipinski definition) is 1. The number of benzene rings is 1. The van der Waals surface area contributed by atoms with Crippen molar-refractivity contribution in [1.82, 2.24) is 4.90 Å². The van der Waals surface area contributed by atoms with Gasteiger partial charge in [-0.05, 0) is 43.3 Å². The molecule has 1 N–H and O–H groups in total. The first-order valence-electron chi connectivity index (χ1n) is 6.95. The minimum atomic E-state index is -2.91. The Bertz CT molecular complexity index is 619. The van der Waals surface area contributed by atoms with E-state index in [1.807, 2.05) is 29.2 Å². The smallest absolute Gasteiger partial charge is 0.173 e. The van der Waals surface area contributed by atoms with Crippen LogP contribution in [0, 0.1) is 0 Å². The van der Waals surface area contributed by atoms with Gasteiger partial charge in [0.1, 0.15) is 0 Å². The molecule has 0 unspecified atom stereocenters. The summed E-state index contributed by atoms with van der Waals surface area (Å²) in [5.74, 6) is 0.463. The van der Waals surface area contributed by atoms with Gasteiger partial charge in [-0.25, -0.2) is 8.42 Å². The van der Waals surface area contributed by atoms with Gasteiger partial charge < -0.3 is 10.2 Å². The normalized spacial score (nSPS) is 20.2.